The first-order valence-corrected chi connectivity index (χ1v) is 8.72. The molecule has 2 atom stereocenters. The molecule has 2 unspecified atom stereocenters. The average Bonchev–Trinajstić information content (AvgIpc) is 3.26. The lowest BCUT2D eigenvalue weighted by Crippen LogP contribution is -2.28. The van der Waals surface area contributed by atoms with Crippen molar-refractivity contribution in [1.82, 2.24) is 5.32 Å². The first-order valence-electron chi connectivity index (χ1n) is 7.93. The van der Waals surface area contributed by atoms with Crippen LogP contribution in [0.3, 0.4) is 0 Å². The van der Waals surface area contributed by atoms with Crippen LogP contribution in [0.2, 0.25) is 0 Å². The lowest BCUT2D eigenvalue weighted by Gasteiger charge is -2.26. The van der Waals surface area contributed by atoms with Crippen molar-refractivity contribution in [3.8, 4) is 0 Å². The Morgan fingerprint density at radius 2 is 1.90 bits per heavy atom. The van der Waals surface area contributed by atoms with Crippen molar-refractivity contribution in [2.75, 3.05) is 6.54 Å². The second-order valence-corrected chi connectivity index (χ2v) is 7.18. The number of hydrogen-bond acceptors (Lipinski definition) is 1. The van der Waals surface area contributed by atoms with Crippen LogP contribution in [0.1, 0.15) is 56.4 Å². The molecule has 0 spiro atoms. The number of rotatable bonds is 4. The molecule has 0 aromatic heterocycles. The molecule has 2 aliphatic carbocycles. The molecule has 2 aliphatic rings. The molecule has 3 heteroatoms. The van der Waals surface area contributed by atoms with Crippen LogP contribution in [-0.4, -0.2) is 12.6 Å². The van der Waals surface area contributed by atoms with Crippen LogP contribution in [0.4, 0.5) is 4.39 Å². The van der Waals surface area contributed by atoms with Gasteiger partial charge in [0.05, 0.1) is 4.47 Å². The van der Waals surface area contributed by atoms with Gasteiger partial charge in [-0.05, 0) is 71.6 Å². The number of benzene rings is 1. The van der Waals surface area contributed by atoms with E-state index >= 15 is 0 Å². The highest BCUT2D eigenvalue weighted by Crippen LogP contribution is 2.39. The van der Waals surface area contributed by atoms with E-state index in [-0.39, 0.29) is 5.82 Å². The maximum atomic E-state index is 14.4. The summed E-state index contributed by atoms with van der Waals surface area (Å²) in [6, 6.07) is 6.50. The fraction of sp³-hybridized carbons (Fsp3) is 0.647. The first kappa shape index (κ1) is 14.5. The molecule has 3 rings (SSSR count). The highest BCUT2D eigenvalue weighted by Gasteiger charge is 2.29. The lowest BCUT2D eigenvalue weighted by atomic mass is 9.82. The van der Waals surface area contributed by atoms with Gasteiger partial charge in [-0.15, -0.1) is 0 Å². The SMILES string of the molecule is Fc1c(Br)cccc1C1CCCCCC1CNC1CC1. The van der Waals surface area contributed by atoms with E-state index in [1.165, 1.54) is 38.5 Å². The third kappa shape index (κ3) is 3.43. The van der Waals surface area contributed by atoms with Gasteiger partial charge in [0, 0.05) is 6.04 Å². The van der Waals surface area contributed by atoms with E-state index in [0.29, 0.717) is 16.3 Å². The molecule has 110 valence electrons. The Morgan fingerprint density at radius 3 is 2.70 bits per heavy atom. The van der Waals surface area contributed by atoms with Gasteiger partial charge in [0.25, 0.3) is 0 Å². The third-order valence-electron chi connectivity index (χ3n) is 4.79. The van der Waals surface area contributed by atoms with Crippen LogP contribution in [0.25, 0.3) is 0 Å². The fourth-order valence-corrected chi connectivity index (χ4v) is 3.83. The highest BCUT2D eigenvalue weighted by atomic mass is 79.9. The molecule has 0 bridgehead atoms. The quantitative estimate of drug-likeness (QED) is 0.760. The smallest absolute Gasteiger partial charge is 0.140 e. The molecule has 1 nitrogen and oxygen atoms in total. The third-order valence-corrected chi connectivity index (χ3v) is 5.40. The van der Waals surface area contributed by atoms with E-state index in [2.05, 4.69) is 21.2 Å². The van der Waals surface area contributed by atoms with Gasteiger partial charge in [-0.25, -0.2) is 4.39 Å². The van der Waals surface area contributed by atoms with Gasteiger partial charge in [-0.2, -0.15) is 0 Å². The Kier molecular flexibility index (Phi) is 4.77. The molecule has 1 N–H and O–H groups in total. The monoisotopic (exact) mass is 339 g/mol. The summed E-state index contributed by atoms with van der Waals surface area (Å²) < 4.78 is 15.0. The molecule has 1 aromatic carbocycles. The summed E-state index contributed by atoms with van der Waals surface area (Å²) >= 11 is 3.33. The summed E-state index contributed by atoms with van der Waals surface area (Å²) in [7, 11) is 0. The number of nitrogens with one attached hydrogen (secondary N) is 1. The van der Waals surface area contributed by atoms with E-state index in [4.69, 9.17) is 0 Å². The minimum Gasteiger partial charge on any atom is -0.314 e. The van der Waals surface area contributed by atoms with Crippen molar-refractivity contribution in [2.24, 2.45) is 5.92 Å². The predicted octanol–water partition coefficient (Wildman–Crippen LogP) is 5.00. The number of halogens is 2. The van der Waals surface area contributed by atoms with Gasteiger partial charge in [0.1, 0.15) is 5.82 Å². The van der Waals surface area contributed by atoms with Crippen LogP contribution < -0.4 is 5.32 Å². The second kappa shape index (κ2) is 6.57. The molecule has 0 radical (unpaired) electrons. The maximum Gasteiger partial charge on any atom is 0.140 e. The molecular weight excluding hydrogens is 317 g/mol. The average molecular weight is 340 g/mol. The Labute approximate surface area is 129 Å². The summed E-state index contributed by atoms with van der Waals surface area (Å²) in [5, 5.41) is 3.65. The lowest BCUT2D eigenvalue weighted by molar-refractivity contribution is 0.365. The minimum atomic E-state index is -0.0455. The Balaban J connectivity index is 1.79. The number of hydrogen-bond donors (Lipinski definition) is 1. The molecule has 0 amide bonds. The van der Waals surface area contributed by atoms with Gasteiger partial charge in [-0.1, -0.05) is 31.4 Å². The molecule has 1 aromatic rings. The minimum absolute atomic E-state index is 0.0455. The standard InChI is InChI=1S/C17H23BrFN/c18-16-8-4-7-15(17(16)19)14-6-3-1-2-5-12(14)11-20-13-9-10-13/h4,7-8,12-14,20H,1-3,5-6,9-11H2. The van der Waals surface area contributed by atoms with Crippen molar-refractivity contribution in [3.63, 3.8) is 0 Å². The van der Waals surface area contributed by atoms with Crippen molar-refractivity contribution < 1.29 is 4.39 Å². The first-order chi connectivity index (χ1) is 9.75. The molecular formula is C17H23BrFN. The molecule has 0 saturated heterocycles. The Morgan fingerprint density at radius 1 is 1.10 bits per heavy atom. The topological polar surface area (TPSA) is 12.0 Å². The Hall–Kier alpha value is -0.410. The van der Waals surface area contributed by atoms with Crippen LogP contribution in [0.15, 0.2) is 22.7 Å². The Bertz CT molecular complexity index is 458. The van der Waals surface area contributed by atoms with Crippen molar-refractivity contribution in [2.45, 2.75) is 56.9 Å². The molecule has 2 fully saturated rings. The van der Waals surface area contributed by atoms with E-state index in [1.807, 2.05) is 12.1 Å². The zero-order valence-electron chi connectivity index (χ0n) is 11.9. The van der Waals surface area contributed by atoms with Crippen molar-refractivity contribution >= 4 is 15.9 Å². The van der Waals surface area contributed by atoms with Gasteiger partial charge >= 0.3 is 0 Å². The zero-order valence-corrected chi connectivity index (χ0v) is 13.5. The fourth-order valence-electron chi connectivity index (χ4n) is 3.45. The van der Waals surface area contributed by atoms with Gasteiger partial charge in [0.2, 0.25) is 0 Å². The summed E-state index contributed by atoms with van der Waals surface area (Å²) in [5.41, 5.74) is 0.920. The van der Waals surface area contributed by atoms with Crippen LogP contribution in [0.5, 0.6) is 0 Å². The highest BCUT2D eigenvalue weighted by molar-refractivity contribution is 9.10. The molecule has 0 aliphatic heterocycles. The van der Waals surface area contributed by atoms with E-state index < -0.39 is 0 Å². The molecule has 20 heavy (non-hydrogen) atoms. The van der Waals surface area contributed by atoms with E-state index in [9.17, 15) is 4.39 Å². The van der Waals surface area contributed by atoms with Gasteiger partial charge in [0.15, 0.2) is 0 Å². The maximum absolute atomic E-state index is 14.4. The summed E-state index contributed by atoms with van der Waals surface area (Å²) in [5.74, 6) is 0.916. The van der Waals surface area contributed by atoms with Crippen LogP contribution in [-0.2, 0) is 0 Å². The van der Waals surface area contributed by atoms with E-state index in [1.54, 1.807) is 6.07 Å². The normalized spacial score (nSPS) is 27.3. The largest absolute Gasteiger partial charge is 0.314 e. The predicted molar refractivity (Wildman–Crippen MR) is 84.4 cm³/mol. The zero-order chi connectivity index (χ0) is 13.9. The van der Waals surface area contributed by atoms with E-state index in [0.717, 1.165) is 24.6 Å². The summed E-state index contributed by atoms with van der Waals surface area (Å²) in [4.78, 5) is 0. The van der Waals surface area contributed by atoms with Crippen LogP contribution >= 0.6 is 15.9 Å². The molecule has 0 heterocycles. The summed E-state index contributed by atoms with van der Waals surface area (Å²) in [6.45, 7) is 1.06. The van der Waals surface area contributed by atoms with Crippen molar-refractivity contribution in [3.05, 3.63) is 34.1 Å². The van der Waals surface area contributed by atoms with Crippen molar-refractivity contribution in [1.29, 1.82) is 0 Å². The van der Waals surface area contributed by atoms with Gasteiger partial charge < -0.3 is 5.32 Å². The second-order valence-electron chi connectivity index (χ2n) is 6.33. The van der Waals surface area contributed by atoms with Gasteiger partial charge in [-0.3, -0.25) is 0 Å². The van der Waals surface area contributed by atoms with Crippen LogP contribution in [0, 0.1) is 11.7 Å². The molecule has 2 saturated carbocycles. The summed E-state index contributed by atoms with van der Waals surface area (Å²) in [6.07, 6.45) is 8.83.